The molecule has 0 amide bonds. The van der Waals surface area contributed by atoms with Crippen molar-refractivity contribution >= 4 is 24.2 Å². The van der Waals surface area contributed by atoms with Gasteiger partial charge in [-0.1, -0.05) is 11.6 Å². The zero-order valence-electron chi connectivity index (χ0n) is 6.49. The molecular weight excluding hydrogens is 178 g/mol. The maximum Gasteiger partial charge on any atom is 0.488 e. The Morgan fingerprint density at radius 1 is 1.33 bits per heavy atom. The van der Waals surface area contributed by atoms with E-state index in [0.717, 1.165) is 0 Å². The standard InChI is InChI=1S/C7H8BClO3/c1-12-7-3-5(8(10)11)2-6(9)4-7/h2-4,10-11H,1H3. The minimum absolute atomic E-state index is 0.319. The Balaban J connectivity index is 3.06. The van der Waals surface area contributed by atoms with Gasteiger partial charge < -0.3 is 14.8 Å². The van der Waals surface area contributed by atoms with Crippen LogP contribution in [0.15, 0.2) is 18.2 Å². The second kappa shape index (κ2) is 3.80. The lowest BCUT2D eigenvalue weighted by Crippen LogP contribution is -2.29. The van der Waals surface area contributed by atoms with Gasteiger partial charge in [0.25, 0.3) is 0 Å². The van der Waals surface area contributed by atoms with Crippen LogP contribution in [0.3, 0.4) is 0 Å². The third kappa shape index (κ3) is 2.14. The number of hydrogen-bond donors (Lipinski definition) is 2. The van der Waals surface area contributed by atoms with Crippen LogP contribution in [0.5, 0.6) is 5.75 Å². The highest BCUT2D eigenvalue weighted by Crippen LogP contribution is 2.15. The van der Waals surface area contributed by atoms with Crippen molar-refractivity contribution in [3.8, 4) is 5.75 Å². The van der Waals surface area contributed by atoms with Crippen molar-refractivity contribution < 1.29 is 14.8 Å². The first-order valence-corrected chi connectivity index (χ1v) is 3.72. The summed E-state index contributed by atoms with van der Waals surface area (Å²) in [5.41, 5.74) is 0.319. The van der Waals surface area contributed by atoms with Gasteiger partial charge in [-0.15, -0.1) is 0 Å². The zero-order chi connectivity index (χ0) is 9.14. The second-order valence-corrected chi connectivity index (χ2v) is 2.73. The molecule has 5 heteroatoms. The summed E-state index contributed by atoms with van der Waals surface area (Å²) in [7, 11) is -0.0308. The summed E-state index contributed by atoms with van der Waals surface area (Å²) in [6.07, 6.45) is 0. The molecule has 64 valence electrons. The fraction of sp³-hybridized carbons (Fsp3) is 0.143. The van der Waals surface area contributed by atoms with Gasteiger partial charge in [0, 0.05) is 5.02 Å². The first kappa shape index (κ1) is 9.38. The highest BCUT2D eigenvalue weighted by Gasteiger charge is 2.12. The number of hydrogen-bond acceptors (Lipinski definition) is 3. The highest BCUT2D eigenvalue weighted by molar-refractivity contribution is 6.59. The summed E-state index contributed by atoms with van der Waals surface area (Å²) < 4.78 is 4.88. The Morgan fingerprint density at radius 3 is 2.50 bits per heavy atom. The van der Waals surface area contributed by atoms with Crippen LogP contribution in [0.2, 0.25) is 5.02 Å². The second-order valence-electron chi connectivity index (χ2n) is 2.30. The molecule has 0 saturated carbocycles. The van der Waals surface area contributed by atoms with E-state index in [-0.39, 0.29) is 0 Å². The van der Waals surface area contributed by atoms with Gasteiger partial charge in [-0.05, 0) is 23.7 Å². The fourth-order valence-corrected chi connectivity index (χ4v) is 1.08. The normalized spacial score (nSPS) is 9.67. The molecule has 0 aliphatic rings. The summed E-state index contributed by atoms with van der Waals surface area (Å²) in [5, 5.41) is 18.0. The third-order valence-corrected chi connectivity index (χ3v) is 1.65. The quantitative estimate of drug-likeness (QED) is 0.641. The first-order valence-electron chi connectivity index (χ1n) is 3.34. The summed E-state index contributed by atoms with van der Waals surface area (Å²) >= 11 is 5.67. The van der Waals surface area contributed by atoms with Crippen LogP contribution < -0.4 is 10.2 Å². The number of methoxy groups -OCH3 is 1. The van der Waals surface area contributed by atoms with Crippen molar-refractivity contribution in [2.75, 3.05) is 7.11 Å². The topological polar surface area (TPSA) is 49.7 Å². The van der Waals surface area contributed by atoms with E-state index in [9.17, 15) is 0 Å². The summed E-state index contributed by atoms with van der Waals surface area (Å²) in [6, 6.07) is 4.57. The predicted octanol–water partition coefficient (Wildman–Crippen LogP) is 0.0284. The fourth-order valence-electron chi connectivity index (χ4n) is 0.851. The van der Waals surface area contributed by atoms with E-state index in [1.165, 1.54) is 19.2 Å². The first-order chi connectivity index (χ1) is 5.63. The van der Waals surface area contributed by atoms with Gasteiger partial charge in [0.05, 0.1) is 7.11 Å². The van der Waals surface area contributed by atoms with Crippen LogP contribution >= 0.6 is 11.6 Å². The third-order valence-electron chi connectivity index (χ3n) is 1.43. The van der Waals surface area contributed by atoms with Gasteiger partial charge in [0.15, 0.2) is 0 Å². The Labute approximate surface area is 75.7 Å². The molecule has 12 heavy (non-hydrogen) atoms. The molecule has 0 aliphatic carbocycles. The van der Waals surface area contributed by atoms with Crippen molar-refractivity contribution in [1.29, 1.82) is 0 Å². The average molecular weight is 186 g/mol. The van der Waals surface area contributed by atoms with E-state index in [4.69, 9.17) is 26.4 Å². The Kier molecular flexibility index (Phi) is 2.97. The van der Waals surface area contributed by atoms with Gasteiger partial charge >= 0.3 is 7.12 Å². The lowest BCUT2D eigenvalue weighted by Gasteiger charge is -2.04. The number of benzene rings is 1. The summed E-state index contributed by atoms with van der Waals surface area (Å²) in [6.45, 7) is 0. The molecule has 0 aliphatic heterocycles. The van der Waals surface area contributed by atoms with E-state index in [1.807, 2.05) is 0 Å². The molecule has 1 aromatic carbocycles. The monoisotopic (exact) mass is 186 g/mol. The van der Waals surface area contributed by atoms with E-state index in [2.05, 4.69) is 0 Å². The van der Waals surface area contributed by atoms with Gasteiger partial charge in [-0.25, -0.2) is 0 Å². The van der Waals surface area contributed by atoms with Crippen LogP contribution in [-0.2, 0) is 0 Å². The molecule has 2 N–H and O–H groups in total. The number of halogens is 1. The number of rotatable bonds is 2. The molecule has 0 spiro atoms. The molecule has 0 fully saturated rings. The van der Waals surface area contributed by atoms with Crippen molar-refractivity contribution in [3.63, 3.8) is 0 Å². The molecule has 0 atom stereocenters. The van der Waals surface area contributed by atoms with Crippen LogP contribution in [0, 0.1) is 0 Å². The molecular formula is C7H8BClO3. The molecule has 0 saturated heterocycles. The minimum Gasteiger partial charge on any atom is -0.497 e. The molecule has 0 unspecified atom stereocenters. The Morgan fingerprint density at radius 2 is 2.00 bits per heavy atom. The highest BCUT2D eigenvalue weighted by atomic mass is 35.5. The summed E-state index contributed by atoms with van der Waals surface area (Å²) in [4.78, 5) is 0. The maximum absolute atomic E-state index is 8.81. The summed E-state index contributed by atoms with van der Waals surface area (Å²) in [5.74, 6) is 0.505. The van der Waals surface area contributed by atoms with Crippen molar-refractivity contribution in [3.05, 3.63) is 23.2 Å². The van der Waals surface area contributed by atoms with Crippen LogP contribution in [0.25, 0.3) is 0 Å². The maximum atomic E-state index is 8.81. The molecule has 3 nitrogen and oxygen atoms in total. The van der Waals surface area contributed by atoms with Gasteiger partial charge in [-0.2, -0.15) is 0 Å². The number of ether oxygens (including phenoxy) is 1. The van der Waals surface area contributed by atoms with Gasteiger partial charge in [0.1, 0.15) is 5.75 Å². The van der Waals surface area contributed by atoms with E-state index in [1.54, 1.807) is 6.07 Å². The zero-order valence-corrected chi connectivity index (χ0v) is 7.25. The largest absolute Gasteiger partial charge is 0.497 e. The van der Waals surface area contributed by atoms with E-state index in [0.29, 0.717) is 16.2 Å². The van der Waals surface area contributed by atoms with Crippen LogP contribution in [-0.4, -0.2) is 24.3 Å². The Bertz CT molecular complexity index is 277. The predicted molar refractivity (Wildman–Crippen MR) is 47.8 cm³/mol. The smallest absolute Gasteiger partial charge is 0.488 e. The molecule has 1 aromatic rings. The van der Waals surface area contributed by atoms with Crippen LogP contribution in [0.1, 0.15) is 0 Å². The van der Waals surface area contributed by atoms with Gasteiger partial charge in [0.2, 0.25) is 0 Å². The molecule has 0 heterocycles. The average Bonchev–Trinajstić information content (AvgIpc) is 2.03. The molecule has 0 aromatic heterocycles. The lowest BCUT2D eigenvalue weighted by molar-refractivity contribution is 0.412. The Hall–Kier alpha value is -0.705. The van der Waals surface area contributed by atoms with Crippen molar-refractivity contribution in [2.24, 2.45) is 0 Å². The van der Waals surface area contributed by atoms with Crippen molar-refractivity contribution in [1.82, 2.24) is 0 Å². The molecule has 0 radical (unpaired) electrons. The van der Waals surface area contributed by atoms with Gasteiger partial charge in [-0.3, -0.25) is 0 Å². The molecule has 0 bridgehead atoms. The molecule has 1 rings (SSSR count). The lowest BCUT2D eigenvalue weighted by atomic mass is 9.80. The SMILES string of the molecule is COc1cc(Cl)cc(B(O)O)c1. The van der Waals surface area contributed by atoms with Crippen molar-refractivity contribution in [2.45, 2.75) is 0 Å². The minimum atomic E-state index is -1.52. The van der Waals surface area contributed by atoms with Crippen LogP contribution in [0.4, 0.5) is 0 Å². The van der Waals surface area contributed by atoms with E-state index >= 15 is 0 Å². The van der Waals surface area contributed by atoms with E-state index < -0.39 is 7.12 Å².